The van der Waals surface area contributed by atoms with Gasteiger partial charge in [0.15, 0.2) is 0 Å². The van der Waals surface area contributed by atoms with Gasteiger partial charge in [-0.3, -0.25) is 4.79 Å². The van der Waals surface area contributed by atoms with Crippen molar-refractivity contribution in [1.29, 1.82) is 0 Å². The lowest BCUT2D eigenvalue weighted by Gasteiger charge is -2.40. The second-order valence-corrected chi connectivity index (χ2v) is 7.06. The molecule has 1 aromatic heterocycles. The van der Waals surface area contributed by atoms with Gasteiger partial charge in [0, 0.05) is 17.8 Å². The van der Waals surface area contributed by atoms with Crippen LogP contribution in [0.2, 0.25) is 0 Å². The molecule has 0 bridgehead atoms. The molecule has 1 aliphatic rings. The molecule has 1 saturated carbocycles. The predicted molar refractivity (Wildman–Crippen MR) is 85.1 cm³/mol. The average molecular weight is 346 g/mol. The second kappa shape index (κ2) is 6.31. The quantitative estimate of drug-likeness (QED) is 0.860. The fraction of sp³-hybridized carbons (Fsp3) is 0.692. The average Bonchev–Trinajstić information content (AvgIpc) is 2.37. The third-order valence-electron chi connectivity index (χ3n) is 3.72. The van der Waals surface area contributed by atoms with Gasteiger partial charge in [0.25, 0.3) is 5.56 Å². The smallest absolute Gasteiger partial charge is 0.283 e. The van der Waals surface area contributed by atoms with E-state index in [1.54, 1.807) is 6.20 Å². The van der Waals surface area contributed by atoms with E-state index in [4.69, 9.17) is 0 Å². The van der Waals surface area contributed by atoms with Crippen LogP contribution in [0.1, 0.15) is 32.6 Å². The molecule has 1 fully saturated rings. The zero-order valence-corrected chi connectivity index (χ0v) is 13.8. The predicted octanol–water partition coefficient (Wildman–Crippen LogP) is 3.11. The van der Waals surface area contributed by atoms with E-state index in [1.807, 2.05) is 18.7 Å². The summed E-state index contributed by atoms with van der Waals surface area (Å²) in [6, 6.07) is 0. The zero-order valence-electron chi connectivity index (χ0n) is 11.4. The molecule has 0 spiro atoms. The maximum Gasteiger partial charge on any atom is 0.283 e. The van der Waals surface area contributed by atoms with Crippen LogP contribution < -0.4 is 10.9 Å². The van der Waals surface area contributed by atoms with Crippen LogP contribution in [0.15, 0.2) is 15.5 Å². The molecule has 1 heterocycles. The standard InChI is InChI=1S/C13H20BrN3OS/c1-3-7-17-12(18)11(14)10(8-16-17)15-9-13(19-2)5-4-6-13/h8,15H,3-7,9H2,1-2H3. The van der Waals surface area contributed by atoms with Crippen molar-refractivity contribution in [1.82, 2.24) is 9.78 Å². The van der Waals surface area contributed by atoms with Crippen molar-refractivity contribution < 1.29 is 0 Å². The Hall–Kier alpha value is -0.490. The first-order valence-electron chi connectivity index (χ1n) is 6.66. The Bertz CT molecular complexity index is 494. The number of thioether (sulfide) groups is 1. The van der Waals surface area contributed by atoms with Crippen LogP contribution in [-0.2, 0) is 6.54 Å². The van der Waals surface area contributed by atoms with Gasteiger partial charge in [-0.2, -0.15) is 16.9 Å². The minimum Gasteiger partial charge on any atom is -0.381 e. The van der Waals surface area contributed by atoms with E-state index in [0.29, 0.717) is 15.8 Å². The number of aromatic nitrogens is 2. The molecule has 2 rings (SSSR count). The molecule has 0 amide bonds. The molecule has 4 nitrogen and oxygen atoms in total. The van der Waals surface area contributed by atoms with Gasteiger partial charge in [-0.05, 0) is 41.4 Å². The first-order valence-corrected chi connectivity index (χ1v) is 8.68. The summed E-state index contributed by atoms with van der Waals surface area (Å²) >= 11 is 5.31. The number of anilines is 1. The first kappa shape index (κ1) is 14.9. The first-order chi connectivity index (χ1) is 9.12. The van der Waals surface area contributed by atoms with Crippen molar-refractivity contribution in [2.45, 2.75) is 43.9 Å². The van der Waals surface area contributed by atoms with E-state index in [0.717, 1.165) is 18.7 Å². The van der Waals surface area contributed by atoms with Crippen molar-refractivity contribution in [2.75, 3.05) is 18.1 Å². The Balaban J connectivity index is 2.09. The molecule has 0 aliphatic heterocycles. The molecule has 1 N–H and O–H groups in total. The number of nitrogens with one attached hydrogen (secondary N) is 1. The minimum absolute atomic E-state index is 0.0568. The summed E-state index contributed by atoms with van der Waals surface area (Å²) < 4.78 is 2.44. The summed E-state index contributed by atoms with van der Waals surface area (Å²) in [6.45, 7) is 3.59. The van der Waals surface area contributed by atoms with Gasteiger partial charge in [0.1, 0.15) is 4.47 Å². The highest BCUT2D eigenvalue weighted by atomic mass is 79.9. The summed E-state index contributed by atoms with van der Waals surface area (Å²) in [5.41, 5.74) is 0.747. The van der Waals surface area contributed by atoms with E-state index >= 15 is 0 Å². The van der Waals surface area contributed by atoms with Gasteiger partial charge in [-0.15, -0.1) is 0 Å². The van der Waals surface area contributed by atoms with Crippen LogP contribution in [0, 0.1) is 0 Å². The molecule has 1 aliphatic carbocycles. The van der Waals surface area contributed by atoms with Crippen molar-refractivity contribution in [3.8, 4) is 0 Å². The number of aryl methyl sites for hydroxylation is 1. The van der Waals surface area contributed by atoms with Crippen LogP contribution >= 0.6 is 27.7 Å². The molecule has 0 aromatic carbocycles. The maximum atomic E-state index is 12.1. The third-order valence-corrected chi connectivity index (χ3v) is 5.90. The Morgan fingerprint density at radius 3 is 2.84 bits per heavy atom. The number of halogens is 1. The van der Waals surface area contributed by atoms with Crippen molar-refractivity contribution in [2.24, 2.45) is 0 Å². The Labute approximate surface area is 126 Å². The zero-order chi connectivity index (χ0) is 13.9. The highest BCUT2D eigenvalue weighted by molar-refractivity contribution is 9.10. The molecule has 6 heteroatoms. The molecule has 0 atom stereocenters. The SMILES string of the molecule is CCCn1ncc(NCC2(SC)CCC2)c(Br)c1=O. The molecule has 106 valence electrons. The lowest BCUT2D eigenvalue weighted by atomic mass is 9.84. The molecule has 0 unspecified atom stereocenters. The largest absolute Gasteiger partial charge is 0.381 e. The lowest BCUT2D eigenvalue weighted by molar-refractivity contribution is 0.379. The summed E-state index contributed by atoms with van der Waals surface area (Å²) in [5, 5.41) is 7.58. The van der Waals surface area contributed by atoms with Crippen molar-refractivity contribution in [3.63, 3.8) is 0 Å². The highest BCUT2D eigenvalue weighted by Gasteiger charge is 2.35. The van der Waals surface area contributed by atoms with Gasteiger partial charge in [0.2, 0.25) is 0 Å². The van der Waals surface area contributed by atoms with Crippen LogP contribution in [-0.4, -0.2) is 27.3 Å². The second-order valence-electron chi connectivity index (χ2n) is 4.99. The Morgan fingerprint density at radius 1 is 1.58 bits per heavy atom. The van der Waals surface area contributed by atoms with Crippen molar-refractivity contribution >= 4 is 33.4 Å². The number of rotatable bonds is 6. The maximum absolute atomic E-state index is 12.1. The Kier molecular flexibility index (Phi) is 4.95. The van der Waals surface area contributed by atoms with Gasteiger partial charge < -0.3 is 5.32 Å². The van der Waals surface area contributed by atoms with E-state index in [1.165, 1.54) is 23.9 Å². The van der Waals surface area contributed by atoms with E-state index < -0.39 is 0 Å². The van der Waals surface area contributed by atoms with Crippen molar-refractivity contribution in [3.05, 3.63) is 21.0 Å². The summed E-state index contributed by atoms with van der Waals surface area (Å²) in [6.07, 6.45) is 8.61. The molecule has 1 aromatic rings. The topological polar surface area (TPSA) is 46.9 Å². The highest BCUT2D eigenvalue weighted by Crippen LogP contribution is 2.42. The summed E-state index contributed by atoms with van der Waals surface area (Å²) in [7, 11) is 0. The van der Waals surface area contributed by atoms with E-state index in [2.05, 4.69) is 32.6 Å². The van der Waals surface area contributed by atoms with Gasteiger partial charge in [-0.25, -0.2) is 4.68 Å². The Morgan fingerprint density at radius 2 is 2.32 bits per heavy atom. The van der Waals surface area contributed by atoms with Crippen LogP contribution in [0.5, 0.6) is 0 Å². The summed E-state index contributed by atoms with van der Waals surface area (Å²) in [5.74, 6) is 0. The molecule has 19 heavy (non-hydrogen) atoms. The van der Waals surface area contributed by atoms with E-state index in [9.17, 15) is 4.79 Å². The normalized spacial score (nSPS) is 17.0. The molecule has 0 radical (unpaired) electrons. The lowest BCUT2D eigenvalue weighted by Crippen LogP contribution is -2.40. The number of hydrogen-bond donors (Lipinski definition) is 1. The van der Waals surface area contributed by atoms with Gasteiger partial charge in [0.05, 0.1) is 11.9 Å². The molecular formula is C13H20BrN3OS. The minimum atomic E-state index is -0.0568. The van der Waals surface area contributed by atoms with E-state index in [-0.39, 0.29) is 5.56 Å². The monoisotopic (exact) mass is 345 g/mol. The number of hydrogen-bond acceptors (Lipinski definition) is 4. The summed E-state index contributed by atoms with van der Waals surface area (Å²) in [4.78, 5) is 12.1. The van der Waals surface area contributed by atoms with Crippen LogP contribution in [0.4, 0.5) is 5.69 Å². The number of nitrogens with zero attached hydrogens (tertiary/aromatic N) is 2. The fourth-order valence-corrected chi connectivity index (χ4v) is 3.60. The third kappa shape index (κ3) is 3.16. The van der Waals surface area contributed by atoms with Gasteiger partial charge >= 0.3 is 0 Å². The van der Waals surface area contributed by atoms with Crippen LogP contribution in [0.25, 0.3) is 0 Å². The van der Waals surface area contributed by atoms with Gasteiger partial charge in [-0.1, -0.05) is 13.3 Å². The molecular weight excluding hydrogens is 326 g/mol. The van der Waals surface area contributed by atoms with Crippen LogP contribution in [0.3, 0.4) is 0 Å². The fourth-order valence-electron chi connectivity index (χ4n) is 2.24. The molecule has 0 saturated heterocycles.